The van der Waals surface area contributed by atoms with E-state index in [4.69, 9.17) is 4.42 Å². The predicted molar refractivity (Wildman–Crippen MR) is 286 cm³/mol. The molecule has 10 rings (SSSR count). The number of benzene rings is 6. The summed E-state index contributed by atoms with van der Waals surface area (Å²) < 4.78 is 7.60. The third-order valence-electron chi connectivity index (χ3n) is 15.5. The van der Waals surface area contributed by atoms with E-state index in [1.165, 1.54) is 89.3 Å². The van der Waals surface area contributed by atoms with Gasteiger partial charge in [0.1, 0.15) is 5.58 Å². The molecular formula is C62H71BN2O. The topological polar surface area (TPSA) is 19.6 Å². The van der Waals surface area contributed by atoms with Gasteiger partial charge >= 0.3 is 0 Å². The van der Waals surface area contributed by atoms with Gasteiger partial charge in [-0.3, -0.25) is 0 Å². The van der Waals surface area contributed by atoms with Crippen LogP contribution in [0.1, 0.15) is 157 Å². The van der Waals surface area contributed by atoms with Crippen molar-refractivity contribution in [3.63, 3.8) is 0 Å². The maximum absolute atomic E-state index is 7.60. The second kappa shape index (κ2) is 14.5. The maximum Gasteiger partial charge on any atom is 0.297 e. The van der Waals surface area contributed by atoms with Gasteiger partial charge in [-0.05, 0) is 150 Å². The van der Waals surface area contributed by atoms with E-state index in [1.807, 2.05) is 0 Å². The number of nitrogens with zero attached hydrogens (tertiary/aromatic N) is 2. The normalized spacial score (nSPS) is 16.5. The van der Waals surface area contributed by atoms with Crippen molar-refractivity contribution in [3.05, 3.63) is 149 Å². The molecule has 0 bridgehead atoms. The summed E-state index contributed by atoms with van der Waals surface area (Å²) >= 11 is 0. The lowest BCUT2D eigenvalue weighted by Gasteiger charge is -2.44. The molecule has 6 aromatic carbocycles. The largest absolute Gasteiger partial charge is 0.468 e. The molecule has 3 heterocycles. The third-order valence-corrected chi connectivity index (χ3v) is 15.5. The van der Waals surface area contributed by atoms with Gasteiger partial charge in [-0.1, -0.05) is 171 Å². The van der Waals surface area contributed by atoms with Gasteiger partial charge in [-0.2, -0.15) is 0 Å². The first-order chi connectivity index (χ1) is 30.7. The van der Waals surface area contributed by atoms with Gasteiger partial charge in [0.25, 0.3) is 6.71 Å². The Bertz CT molecular complexity index is 3060. The average molecular weight is 871 g/mol. The van der Waals surface area contributed by atoms with Crippen LogP contribution in [0, 0.1) is 0 Å². The molecule has 7 aromatic rings. The number of hydrogen-bond donors (Lipinski definition) is 0. The van der Waals surface area contributed by atoms with E-state index in [0.717, 1.165) is 29.8 Å². The highest BCUT2D eigenvalue weighted by Gasteiger charge is 2.49. The van der Waals surface area contributed by atoms with Crippen molar-refractivity contribution >= 4 is 68.4 Å². The van der Waals surface area contributed by atoms with Crippen molar-refractivity contribution in [2.24, 2.45) is 0 Å². The van der Waals surface area contributed by atoms with Crippen LogP contribution >= 0.6 is 0 Å². The third kappa shape index (κ3) is 7.07. The van der Waals surface area contributed by atoms with Gasteiger partial charge in [0.05, 0.1) is 17.0 Å². The number of fused-ring (bicyclic) bond motifs is 7. The predicted octanol–water partition coefficient (Wildman–Crippen LogP) is 15.7. The van der Waals surface area contributed by atoms with Crippen molar-refractivity contribution in [3.8, 4) is 11.1 Å². The first kappa shape index (κ1) is 44.4. The van der Waals surface area contributed by atoms with Crippen LogP contribution in [-0.4, -0.2) is 6.71 Å². The fourth-order valence-electron chi connectivity index (χ4n) is 11.1. The first-order valence-corrected chi connectivity index (χ1v) is 24.6. The minimum atomic E-state index is -0.142. The van der Waals surface area contributed by atoms with Crippen LogP contribution in [0.5, 0.6) is 0 Å². The van der Waals surface area contributed by atoms with E-state index < -0.39 is 0 Å². The Balaban J connectivity index is 1.37. The van der Waals surface area contributed by atoms with Crippen LogP contribution in [0.4, 0.5) is 34.1 Å². The Labute approximate surface area is 396 Å². The molecule has 0 saturated heterocycles. The Morgan fingerprint density at radius 3 is 1.58 bits per heavy atom. The SMILES string of the molecule is CC(C)(C)c1ccc(N2c3cc(C(C)(C)C)cc4c3B(c3cc(C(C)(C)C)ccc3N4c3ccc(C(C)(C)C)cc3-c3ccccc3)c3oc4cc5c(cc4c32)C(C)(C)CCC5(C)C)cc1. The van der Waals surface area contributed by atoms with Crippen LogP contribution < -0.4 is 26.4 Å². The lowest BCUT2D eigenvalue weighted by molar-refractivity contribution is 0.332. The molecule has 3 aliphatic rings. The molecule has 4 heteroatoms. The van der Waals surface area contributed by atoms with Crippen LogP contribution in [0.25, 0.3) is 22.1 Å². The van der Waals surface area contributed by atoms with E-state index in [1.54, 1.807) is 0 Å². The van der Waals surface area contributed by atoms with E-state index in [-0.39, 0.29) is 39.2 Å². The quantitative estimate of drug-likeness (QED) is 0.165. The summed E-state index contributed by atoms with van der Waals surface area (Å²) in [5.41, 5.74) is 22.2. The zero-order chi connectivity index (χ0) is 47.3. The van der Waals surface area contributed by atoms with E-state index in [0.29, 0.717) is 0 Å². The summed E-state index contributed by atoms with van der Waals surface area (Å²) in [6, 6.07) is 44.9. The Hall–Kier alpha value is -5.48. The van der Waals surface area contributed by atoms with Gasteiger partial charge in [0, 0.05) is 33.7 Å². The molecule has 0 atom stereocenters. The van der Waals surface area contributed by atoms with Crippen LogP contribution in [-0.2, 0) is 32.5 Å². The Morgan fingerprint density at radius 1 is 0.485 bits per heavy atom. The molecule has 1 aromatic heterocycles. The van der Waals surface area contributed by atoms with Crippen molar-refractivity contribution in [1.29, 1.82) is 0 Å². The van der Waals surface area contributed by atoms with Gasteiger partial charge < -0.3 is 14.2 Å². The van der Waals surface area contributed by atoms with Crippen LogP contribution in [0.3, 0.4) is 0 Å². The van der Waals surface area contributed by atoms with E-state index in [2.05, 4.69) is 236 Å². The van der Waals surface area contributed by atoms with Crippen molar-refractivity contribution < 1.29 is 4.42 Å². The second-order valence-corrected chi connectivity index (χ2v) is 25.4. The summed E-state index contributed by atoms with van der Waals surface area (Å²) in [7, 11) is 0. The molecule has 3 nitrogen and oxygen atoms in total. The number of furan rings is 1. The second-order valence-electron chi connectivity index (χ2n) is 25.4. The number of hydrogen-bond acceptors (Lipinski definition) is 3. The minimum Gasteiger partial charge on any atom is -0.468 e. The zero-order valence-electron chi connectivity index (χ0n) is 42.8. The maximum atomic E-state index is 7.60. The van der Waals surface area contributed by atoms with Gasteiger partial charge in [0.15, 0.2) is 0 Å². The monoisotopic (exact) mass is 871 g/mol. The highest BCUT2D eigenvalue weighted by Crippen LogP contribution is 2.53. The lowest BCUT2D eigenvalue weighted by atomic mass is 9.35. The van der Waals surface area contributed by atoms with E-state index in [9.17, 15) is 0 Å². The highest BCUT2D eigenvalue weighted by molar-refractivity contribution is 7.00. The molecule has 0 fully saturated rings. The molecule has 66 heavy (non-hydrogen) atoms. The van der Waals surface area contributed by atoms with Crippen LogP contribution in [0.2, 0.25) is 0 Å². The van der Waals surface area contributed by atoms with Crippen molar-refractivity contribution in [2.45, 2.75) is 156 Å². The fraction of sp³-hybridized carbons (Fsp3) is 0.387. The van der Waals surface area contributed by atoms with E-state index >= 15 is 0 Å². The summed E-state index contributed by atoms with van der Waals surface area (Å²) in [6.45, 7) is 37.6. The zero-order valence-corrected chi connectivity index (χ0v) is 42.8. The molecule has 1 aliphatic carbocycles. The van der Waals surface area contributed by atoms with Crippen molar-refractivity contribution in [1.82, 2.24) is 0 Å². The smallest absolute Gasteiger partial charge is 0.297 e. The molecule has 0 N–H and O–H groups in total. The highest BCUT2D eigenvalue weighted by atomic mass is 16.3. The Kier molecular flexibility index (Phi) is 9.76. The summed E-state index contributed by atoms with van der Waals surface area (Å²) in [6.07, 6.45) is 2.31. The molecular weight excluding hydrogens is 800 g/mol. The van der Waals surface area contributed by atoms with Crippen LogP contribution in [0.15, 0.2) is 120 Å². The minimum absolute atomic E-state index is 0.0235. The number of anilines is 6. The summed E-state index contributed by atoms with van der Waals surface area (Å²) in [5.74, 6) is 0. The fourth-order valence-corrected chi connectivity index (χ4v) is 11.1. The lowest BCUT2D eigenvalue weighted by Crippen LogP contribution is -2.61. The Morgan fingerprint density at radius 2 is 1.00 bits per heavy atom. The first-order valence-electron chi connectivity index (χ1n) is 24.6. The molecule has 0 radical (unpaired) electrons. The van der Waals surface area contributed by atoms with Crippen molar-refractivity contribution in [2.75, 3.05) is 9.80 Å². The summed E-state index contributed by atoms with van der Waals surface area (Å²) in [4.78, 5) is 5.20. The van der Waals surface area contributed by atoms with Gasteiger partial charge in [-0.25, -0.2) is 0 Å². The molecule has 0 amide bonds. The number of rotatable bonds is 3. The van der Waals surface area contributed by atoms with Gasteiger partial charge in [-0.15, -0.1) is 0 Å². The standard InChI is InChI=1S/C62H71BN2O/c1-57(2,3)39-22-26-43(27-23-39)64-51-34-42(60(10,11)12)35-52-54(51)63(56-55(64)45-36-46-47(37-53(45)66-56)62(15,16)31-30-61(46,13)14)48-33-41(59(7,8)9)25-29-50(48)65(52)49-28-24-40(58(4,5)6)32-44(49)38-20-18-17-19-21-38/h17-29,32-37H,30-31H2,1-16H3. The molecule has 0 saturated carbocycles. The molecule has 0 unspecified atom stereocenters. The average Bonchev–Trinajstić information content (AvgIpc) is 3.61. The summed E-state index contributed by atoms with van der Waals surface area (Å²) in [5, 5.41) is 1.20. The molecule has 2 aliphatic heterocycles. The molecule has 0 spiro atoms. The molecule has 338 valence electrons. The van der Waals surface area contributed by atoms with Gasteiger partial charge in [0.2, 0.25) is 0 Å².